The van der Waals surface area contributed by atoms with E-state index in [0.29, 0.717) is 11.3 Å². The Morgan fingerprint density at radius 1 is 0.867 bits per heavy atom. The molecule has 0 bridgehead atoms. The Balaban J connectivity index is 1.96. The molecule has 7 heteroatoms. The summed E-state index contributed by atoms with van der Waals surface area (Å²) >= 11 is 6.66. The lowest BCUT2D eigenvalue weighted by Gasteiger charge is -2.25. The minimum absolute atomic E-state index is 0.123. The molecule has 150 valence electrons. The van der Waals surface area contributed by atoms with Crippen LogP contribution in [0.25, 0.3) is 5.76 Å². The predicted octanol–water partition coefficient (Wildman–Crippen LogP) is 5.98. The molecule has 1 saturated heterocycles. The van der Waals surface area contributed by atoms with E-state index in [4.69, 9.17) is 0 Å². The van der Waals surface area contributed by atoms with Crippen LogP contribution in [0.4, 0.5) is 10.1 Å². The third-order valence-corrected chi connectivity index (χ3v) is 5.92. The van der Waals surface area contributed by atoms with Gasteiger partial charge in [-0.05, 0) is 42.5 Å². The number of hydrogen-bond acceptors (Lipinski definition) is 3. The van der Waals surface area contributed by atoms with E-state index < -0.39 is 23.5 Å². The largest absolute Gasteiger partial charge is 0.507 e. The molecule has 1 N–H and O–H groups in total. The van der Waals surface area contributed by atoms with E-state index in [-0.39, 0.29) is 16.9 Å². The average molecular weight is 531 g/mol. The van der Waals surface area contributed by atoms with Crippen molar-refractivity contribution < 1.29 is 19.1 Å². The molecule has 4 rings (SSSR count). The minimum Gasteiger partial charge on any atom is -0.507 e. The highest BCUT2D eigenvalue weighted by Crippen LogP contribution is 2.43. The first-order valence-corrected chi connectivity index (χ1v) is 10.5. The number of anilines is 1. The van der Waals surface area contributed by atoms with Crippen molar-refractivity contribution in [3.63, 3.8) is 0 Å². The number of amides is 1. The number of hydrogen-bond donors (Lipinski definition) is 1. The number of ketones is 1. The summed E-state index contributed by atoms with van der Waals surface area (Å²) in [4.78, 5) is 27.2. The van der Waals surface area contributed by atoms with Gasteiger partial charge in [0.1, 0.15) is 11.6 Å². The molecule has 3 aromatic carbocycles. The molecule has 0 spiro atoms. The highest BCUT2D eigenvalue weighted by Gasteiger charge is 2.47. The summed E-state index contributed by atoms with van der Waals surface area (Å²) in [6, 6.07) is 18.2. The minimum atomic E-state index is -1.10. The second kappa shape index (κ2) is 8.16. The number of Topliss-reactive ketones (excluding diaryl/α,β-unsaturated/α-hetero) is 1. The van der Waals surface area contributed by atoms with Gasteiger partial charge in [-0.15, -0.1) is 0 Å². The summed E-state index contributed by atoms with van der Waals surface area (Å²) in [5, 5.41) is 11.0. The van der Waals surface area contributed by atoms with Crippen LogP contribution in [0.2, 0.25) is 0 Å². The van der Waals surface area contributed by atoms with Crippen molar-refractivity contribution in [1.82, 2.24) is 0 Å². The number of carbonyl (C=O) groups is 2. The maximum Gasteiger partial charge on any atom is 0.300 e. The molecule has 1 fully saturated rings. The van der Waals surface area contributed by atoms with Crippen molar-refractivity contribution in [2.45, 2.75) is 6.04 Å². The van der Waals surface area contributed by atoms with Gasteiger partial charge in [-0.2, -0.15) is 0 Å². The van der Waals surface area contributed by atoms with Crippen molar-refractivity contribution in [2.75, 3.05) is 4.90 Å². The van der Waals surface area contributed by atoms with Gasteiger partial charge in [-0.1, -0.05) is 62.2 Å². The van der Waals surface area contributed by atoms with Gasteiger partial charge in [0.25, 0.3) is 11.7 Å². The van der Waals surface area contributed by atoms with Crippen LogP contribution in [0.3, 0.4) is 0 Å². The van der Waals surface area contributed by atoms with Crippen molar-refractivity contribution in [3.8, 4) is 0 Å². The molecular formula is C23H14Br2FNO3. The second-order valence-electron chi connectivity index (χ2n) is 6.67. The topological polar surface area (TPSA) is 57.6 Å². The van der Waals surface area contributed by atoms with Crippen LogP contribution in [-0.4, -0.2) is 16.8 Å². The summed E-state index contributed by atoms with van der Waals surface area (Å²) in [5.74, 6) is -2.63. The number of rotatable bonds is 3. The van der Waals surface area contributed by atoms with Crippen LogP contribution >= 0.6 is 31.9 Å². The van der Waals surface area contributed by atoms with Crippen molar-refractivity contribution in [1.29, 1.82) is 0 Å². The van der Waals surface area contributed by atoms with Gasteiger partial charge in [-0.25, -0.2) is 4.39 Å². The molecule has 1 atom stereocenters. The number of aliphatic hydroxyl groups excluding tert-OH is 1. The number of aliphatic hydroxyl groups is 1. The third kappa shape index (κ3) is 3.59. The van der Waals surface area contributed by atoms with Crippen LogP contribution in [0.5, 0.6) is 0 Å². The van der Waals surface area contributed by atoms with E-state index in [0.717, 1.165) is 8.95 Å². The molecule has 0 aliphatic carbocycles. The first-order chi connectivity index (χ1) is 14.4. The number of benzene rings is 3. The molecule has 0 saturated carbocycles. The molecule has 1 heterocycles. The number of carbonyl (C=O) groups excluding carboxylic acids is 2. The normalized spacial score (nSPS) is 18.1. The van der Waals surface area contributed by atoms with Gasteiger partial charge in [0.05, 0.1) is 11.6 Å². The van der Waals surface area contributed by atoms with Crippen molar-refractivity contribution in [2.24, 2.45) is 0 Å². The number of halogens is 3. The summed E-state index contributed by atoms with van der Waals surface area (Å²) in [5.41, 5.74) is 0.741. The molecule has 1 aliphatic heterocycles. The van der Waals surface area contributed by atoms with Gasteiger partial charge in [0.15, 0.2) is 0 Å². The summed E-state index contributed by atoms with van der Waals surface area (Å²) in [7, 11) is 0. The zero-order valence-electron chi connectivity index (χ0n) is 15.4. The van der Waals surface area contributed by atoms with Crippen molar-refractivity contribution in [3.05, 3.63) is 104 Å². The Hall–Kier alpha value is -2.77. The van der Waals surface area contributed by atoms with E-state index >= 15 is 0 Å². The quantitative estimate of drug-likeness (QED) is 0.257. The Kier molecular flexibility index (Phi) is 5.58. The van der Waals surface area contributed by atoms with E-state index in [1.54, 1.807) is 54.6 Å². The fourth-order valence-electron chi connectivity index (χ4n) is 3.45. The Morgan fingerprint density at radius 3 is 2.03 bits per heavy atom. The molecule has 4 nitrogen and oxygen atoms in total. The van der Waals surface area contributed by atoms with Gasteiger partial charge in [0.2, 0.25) is 0 Å². The highest BCUT2D eigenvalue weighted by molar-refractivity contribution is 9.10. The summed E-state index contributed by atoms with van der Waals surface area (Å²) in [6.45, 7) is 0. The standard InChI is InChI=1S/C23H14Br2FNO3/c24-14-7-5-13(6-8-14)21(28)19-20(17-3-1-2-4-18(17)26)27(23(30)22(19)29)16-11-9-15(25)10-12-16/h1-12,20,28H/b21-19-. The zero-order valence-corrected chi connectivity index (χ0v) is 18.5. The molecule has 1 unspecified atom stereocenters. The predicted molar refractivity (Wildman–Crippen MR) is 119 cm³/mol. The molecule has 0 radical (unpaired) electrons. The Bertz CT molecular complexity index is 1170. The van der Waals surface area contributed by atoms with Gasteiger partial charge >= 0.3 is 0 Å². The number of nitrogens with zero attached hydrogens (tertiary/aromatic N) is 1. The maximum absolute atomic E-state index is 14.8. The first-order valence-electron chi connectivity index (χ1n) is 8.95. The van der Waals surface area contributed by atoms with Crippen LogP contribution in [-0.2, 0) is 9.59 Å². The molecule has 30 heavy (non-hydrogen) atoms. The van der Waals surface area contributed by atoms with Crippen LogP contribution in [0.15, 0.2) is 87.3 Å². The summed E-state index contributed by atoms with van der Waals surface area (Å²) in [6.07, 6.45) is 0. The lowest BCUT2D eigenvalue weighted by atomic mass is 9.94. The molecular weight excluding hydrogens is 517 g/mol. The van der Waals surface area contributed by atoms with Crippen LogP contribution < -0.4 is 4.90 Å². The molecule has 1 aliphatic rings. The van der Waals surface area contributed by atoms with Gasteiger partial charge in [-0.3, -0.25) is 14.5 Å². The van der Waals surface area contributed by atoms with E-state index in [9.17, 15) is 19.1 Å². The van der Waals surface area contributed by atoms with E-state index in [1.165, 1.54) is 23.1 Å². The molecule has 0 aromatic heterocycles. The highest BCUT2D eigenvalue weighted by atomic mass is 79.9. The summed E-state index contributed by atoms with van der Waals surface area (Å²) < 4.78 is 16.4. The van der Waals surface area contributed by atoms with Crippen LogP contribution in [0, 0.1) is 5.82 Å². The van der Waals surface area contributed by atoms with Gasteiger partial charge < -0.3 is 5.11 Å². The average Bonchev–Trinajstić information content (AvgIpc) is 3.00. The smallest absolute Gasteiger partial charge is 0.300 e. The SMILES string of the molecule is O=C1C(=O)N(c2ccc(Br)cc2)C(c2ccccc2F)/C1=C(/O)c1ccc(Br)cc1. The zero-order chi connectivity index (χ0) is 21.4. The van der Waals surface area contributed by atoms with Crippen LogP contribution in [0.1, 0.15) is 17.2 Å². The van der Waals surface area contributed by atoms with E-state index in [2.05, 4.69) is 31.9 Å². The van der Waals surface area contributed by atoms with Gasteiger partial charge in [0, 0.05) is 25.8 Å². The lowest BCUT2D eigenvalue weighted by Crippen LogP contribution is -2.29. The van der Waals surface area contributed by atoms with Crippen molar-refractivity contribution >= 4 is 55.0 Å². The fourth-order valence-corrected chi connectivity index (χ4v) is 3.98. The third-order valence-electron chi connectivity index (χ3n) is 4.87. The maximum atomic E-state index is 14.8. The Labute approximate surface area is 188 Å². The van der Waals surface area contributed by atoms with E-state index in [1.807, 2.05) is 0 Å². The lowest BCUT2D eigenvalue weighted by molar-refractivity contribution is -0.132. The second-order valence-corrected chi connectivity index (χ2v) is 8.51. The molecule has 3 aromatic rings. The fraction of sp³-hybridized carbons (Fsp3) is 0.0435. The molecule has 1 amide bonds. The first kappa shape index (κ1) is 20.5. The monoisotopic (exact) mass is 529 g/mol. The Morgan fingerprint density at radius 2 is 1.43 bits per heavy atom.